The van der Waals surface area contributed by atoms with E-state index in [1.807, 2.05) is 13.8 Å². The summed E-state index contributed by atoms with van der Waals surface area (Å²) in [6.45, 7) is 7.01. The molecule has 3 nitrogen and oxygen atoms in total. The van der Waals surface area contributed by atoms with Gasteiger partial charge in [-0.3, -0.25) is 4.79 Å². The Kier molecular flexibility index (Phi) is 7.36. The summed E-state index contributed by atoms with van der Waals surface area (Å²) in [5, 5.41) is 2.65. The van der Waals surface area contributed by atoms with E-state index in [-0.39, 0.29) is 30.4 Å². The zero-order valence-corrected chi connectivity index (χ0v) is 7.65. The van der Waals surface area contributed by atoms with Crippen LogP contribution in [0.5, 0.6) is 0 Å². The second-order valence-electron chi connectivity index (χ2n) is 2.36. The van der Waals surface area contributed by atoms with Gasteiger partial charge in [-0.15, -0.1) is 12.4 Å². The number of carbonyl (C=O) groups excluding carboxylic acids is 1. The summed E-state index contributed by atoms with van der Waals surface area (Å²) in [6, 6.07) is -0.0191. The molecule has 2 atom stereocenters. The number of halogens is 1. The van der Waals surface area contributed by atoms with Gasteiger partial charge >= 0.3 is 0 Å². The molecule has 0 fully saturated rings. The molecule has 11 heavy (non-hydrogen) atoms. The van der Waals surface area contributed by atoms with Gasteiger partial charge in [-0.1, -0.05) is 6.58 Å². The van der Waals surface area contributed by atoms with Gasteiger partial charge in [0, 0.05) is 12.1 Å². The average Bonchev–Trinajstić information content (AvgIpc) is 1.87. The van der Waals surface area contributed by atoms with E-state index in [9.17, 15) is 4.79 Å². The average molecular weight is 179 g/mol. The Morgan fingerprint density at radius 1 is 1.64 bits per heavy atom. The van der Waals surface area contributed by atoms with Crippen LogP contribution >= 0.6 is 12.4 Å². The van der Waals surface area contributed by atoms with Crippen molar-refractivity contribution in [2.45, 2.75) is 25.9 Å². The molecular weight excluding hydrogens is 164 g/mol. The Hall–Kier alpha value is -0.540. The van der Waals surface area contributed by atoms with Gasteiger partial charge in [0.25, 0.3) is 0 Å². The van der Waals surface area contributed by atoms with Crippen LogP contribution in [-0.2, 0) is 4.79 Å². The van der Waals surface area contributed by atoms with Gasteiger partial charge in [0.2, 0.25) is 5.91 Å². The highest BCUT2D eigenvalue weighted by Gasteiger charge is 2.07. The molecule has 0 radical (unpaired) electrons. The maximum Gasteiger partial charge on any atom is 0.243 e. The molecule has 0 aliphatic carbocycles. The number of hydrogen-bond donors (Lipinski definition) is 2. The van der Waals surface area contributed by atoms with Crippen LogP contribution in [0.2, 0.25) is 0 Å². The first-order valence-corrected chi connectivity index (χ1v) is 3.26. The van der Waals surface area contributed by atoms with Crippen LogP contribution in [0, 0.1) is 0 Å². The molecule has 0 spiro atoms. The van der Waals surface area contributed by atoms with E-state index in [0.717, 1.165) is 0 Å². The van der Waals surface area contributed by atoms with E-state index in [2.05, 4.69) is 11.9 Å². The lowest BCUT2D eigenvalue weighted by atomic mass is 10.2. The summed E-state index contributed by atoms with van der Waals surface area (Å²) in [5.74, 6) is -0.176. The molecule has 1 amide bonds. The van der Waals surface area contributed by atoms with Crippen LogP contribution in [0.25, 0.3) is 0 Å². The van der Waals surface area contributed by atoms with Crippen molar-refractivity contribution in [3.63, 3.8) is 0 Å². The molecule has 66 valence electrons. The Labute approximate surface area is 73.4 Å². The first-order chi connectivity index (χ1) is 4.57. The monoisotopic (exact) mass is 178 g/mol. The molecule has 0 rings (SSSR count). The SMILES string of the molecule is C=CC(=O)NC(C)C(C)N.Cl. The standard InChI is InChI=1S/C7H14N2O.ClH/c1-4-7(10)9-6(3)5(2)8;/h4-6H,1,8H2,2-3H3,(H,9,10);1H. The largest absolute Gasteiger partial charge is 0.349 e. The van der Waals surface area contributed by atoms with Crippen molar-refractivity contribution < 1.29 is 4.79 Å². The molecule has 0 aliphatic rings. The Morgan fingerprint density at radius 2 is 2.09 bits per heavy atom. The van der Waals surface area contributed by atoms with Crippen molar-refractivity contribution in [3.8, 4) is 0 Å². The minimum Gasteiger partial charge on any atom is -0.349 e. The fourth-order valence-electron chi connectivity index (χ4n) is 0.415. The maximum absolute atomic E-state index is 10.6. The van der Waals surface area contributed by atoms with Crippen molar-refractivity contribution in [3.05, 3.63) is 12.7 Å². The van der Waals surface area contributed by atoms with Crippen molar-refractivity contribution >= 4 is 18.3 Å². The lowest BCUT2D eigenvalue weighted by Crippen LogP contribution is -2.43. The molecule has 3 N–H and O–H groups in total. The lowest BCUT2D eigenvalue weighted by molar-refractivity contribution is -0.117. The smallest absolute Gasteiger partial charge is 0.243 e. The molecule has 0 aliphatic heterocycles. The molecule has 2 unspecified atom stereocenters. The molecule has 0 saturated heterocycles. The summed E-state index contributed by atoms with van der Waals surface area (Å²) < 4.78 is 0. The van der Waals surface area contributed by atoms with E-state index < -0.39 is 0 Å². The third-order valence-electron chi connectivity index (χ3n) is 1.34. The summed E-state index contributed by atoms with van der Waals surface area (Å²) in [5.41, 5.74) is 5.49. The summed E-state index contributed by atoms with van der Waals surface area (Å²) >= 11 is 0. The number of hydrogen-bond acceptors (Lipinski definition) is 2. The molecule has 0 bridgehead atoms. The normalized spacial score (nSPS) is 14.1. The highest BCUT2D eigenvalue weighted by Crippen LogP contribution is 1.86. The fraction of sp³-hybridized carbons (Fsp3) is 0.571. The van der Waals surface area contributed by atoms with E-state index >= 15 is 0 Å². The number of rotatable bonds is 3. The van der Waals surface area contributed by atoms with Crippen LogP contribution < -0.4 is 11.1 Å². The van der Waals surface area contributed by atoms with E-state index in [1.54, 1.807) is 0 Å². The van der Waals surface area contributed by atoms with Crippen LogP contribution in [-0.4, -0.2) is 18.0 Å². The molecule has 0 heterocycles. The van der Waals surface area contributed by atoms with Gasteiger partial charge in [0.1, 0.15) is 0 Å². The summed E-state index contributed by atoms with van der Waals surface area (Å²) in [4.78, 5) is 10.6. The number of amides is 1. The van der Waals surface area contributed by atoms with Gasteiger partial charge in [0.15, 0.2) is 0 Å². The first-order valence-electron chi connectivity index (χ1n) is 3.26. The van der Waals surface area contributed by atoms with Crippen LogP contribution in [0.1, 0.15) is 13.8 Å². The van der Waals surface area contributed by atoms with E-state index in [4.69, 9.17) is 5.73 Å². The van der Waals surface area contributed by atoms with Crippen molar-refractivity contribution in [1.29, 1.82) is 0 Å². The molecule has 4 heteroatoms. The van der Waals surface area contributed by atoms with Gasteiger partial charge in [-0.2, -0.15) is 0 Å². The highest BCUT2D eigenvalue weighted by atomic mass is 35.5. The third-order valence-corrected chi connectivity index (χ3v) is 1.34. The quantitative estimate of drug-likeness (QED) is 0.617. The van der Waals surface area contributed by atoms with Gasteiger partial charge in [-0.25, -0.2) is 0 Å². The van der Waals surface area contributed by atoms with Gasteiger partial charge in [0.05, 0.1) is 0 Å². The number of nitrogens with one attached hydrogen (secondary N) is 1. The number of carbonyl (C=O) groups is 1. The van der Waals surface area contributed by atoms with Gasteiger partial charge in [-0.05, 0) is 19.9 Å². The molecular formula is C7H15ClN2O. The summed E-state index contributed by atoms with van der Waals surface area (Å²) in [6.07, 6.45) is 1.23. The van der Waals surface area contributed by atoms with Gasteiger partial charge < -0.3 is 11.1 Å². The zero-order valence-electron chi connectivity index (χ0n) is 6.83. The molecule has 0 saturated carbocycles. The lowest BCUT2D eigenvalue weighted by Gasteiger charge is -2.15. The van der Waals surface area contributed by atoms with Crippen LogP contribution in [0.4, 0.5) is 0 Å². The van der Waals surface area contributed by atoms with E-state index in [1.165, 1.54) is 6.08 Å². The Bertz CT molecular complexity index is 136. The Morgan fingerprint density at radius 3 is 2.36 bits per heavy atom. The van der Waals surface area contributed by atoms with E-state index in [0.29, 0.717) is 0 Å². The Balaban J connectivity index is 0. The van der Waals surface area contributed by atoms with Crippen LogP contribution in [0.3, 0.4) is 0 Å². The number of nitrogens with two attached hydrogens (primary N) is 1. The second-order valence-corrected chi connectivity index (χ2v) is 2.36. The summed E-state index contributed by atoms with van der Waals surface area (Å²) in [7, 11) is 0. The minimum atomic E-state index is -0.176. The van der Waals surface area contributed by atoms with Crippen molar-refractivity contribution in [1.82, 2.24) is 5.32 Å². The molecule has 0 aromatic carbocycles. The second kappa shape index (κ2) is 6.19. The topological polar surface area (TPSA) is 55.1 Å². The minimum absolute atomic E-state index is 0. The molecule has 0 aromatic heterocycles. The fourth-order valence-corrected chi connectivity index (χ4v) is 0.415. The van der Waals surface area contributed by atoms with Crippen LogP contribution in [0.15, 0.2) is 12.7 Å². The van der Waals surface area contributed by atoms with Crippen molar-refractivity contribution in [2.24, 2.45) is 5.73 Å². The first kappa shape index (κ1) is 13.1. The predicted octanol–water partition coefficient (Wildman–Crippen LogP) is 0.446. The zero-order chi connectivity index (χ0) is 8.15. The van der Waals surface area contributed by atoms with Crippen molar-refractivity contribution in [2.75, 3.05) is 0 Å². The highest BCUT2D eigenvalue weighted by molar-refractivity contribution is 5.87. The maximum atomic E-state index is 10.6. The molecule has 0 aromatic rings. The third kappa shape index (κ3) is 5.88. The predicted molar refractivity (Wildman–Crippen MR) is 48.7 cm³/mol.